The van der Waals surface area contributed by atoms with Crippen LogP contribution in [0.1, 0.15) is 73.6 Å². The van der Waals surface area contributed by atoms with E-state index >= 15 is 0 Å². The summed E-state index contributed by atoms with van der Waals surface area (Å²) in [6.07, 6.45) is 0. The fraction of sp³-hybridized carbons (Fsp3) is 0.136. The van der Waals surface area contributed by atoms with Crippen LogP contribution in [0.3, 0.4) is 0 Å². The van der Waals surface area contributed by atoms with Gasteiger partial charge in [0.15, 0.2) is 17.5 Å². The molecule has 2 aliphatic carbocycles. The first-order valence-corrected chi connectivity index (χ1v) is 22.0. The first kappa shape index (κ1) is 36.2. The molecule has 1 unspecified atom stereocenters. The highest BCUT2D eigenvalue weighted by Crippen LogP contribution is 2.64. The summed E-state index contributed by atoms with van der Waals surface area (Å²) >= 11 is 0. The number of rotatable bonds is 2. The molecule has 1 atom stereocenters. The number of para-hydroxylation sites is 2. The van der Waals surface area contributed by atoms with Crippen LogP contribution < -0.4 is 0 Å². The monoisotopic (exact) mass is 809 g/mol. The SMILES string of the molecule is CC(C)(C)c1ccc2c(c1)C13c4ccccc4-c4ccc(cc41)-c1nc(-c4ccccc4)nc(n1)-c1ccc(-c4cccc5c4oc4ccccc45)cc1C(C)(C)c1ccc-2c3c1. The number of fused-ring (bicyclic) bond motifs is 14. The Kier molecular flexibility index (Phi) is 7.24. The molecular formula is C59H43N3O. The quantitative estimate of drug-likeness (QED) is 0.175. The third kappa shape index (κ3) is 4.95. The molecule has 1 spiro atoms. The van der Waals surface area contributed by atoms with E-state index in [1.807, 2.05) is 24.3 Å². The van der Waals surface area contributed by atoms with E-state index in [-0.39, 0.29) is 5.41 Å². The first-order chi connectivity index (χ1) is 30.6. The predicted octanol–water partition coefficient (Wildman–Crippen LogP) is 14.7. The van der Waals surface area contributed by atoms with Crippen molar-refractivity contribution in [3.05, 3.63) is 209 Å². The molecule has 3 heterocycles. The molecule has 4 nitrogen and oxygen atoms in total. The van der Waals surface area contributed by atoms with Crippen molar-refractivity contribution in [2.24, 2.45) is 0 Å². The Labute approximate surface area is 367 Å². The van der Waals surface area contributed by atoms with Crippen LogP contribution in [0.4, 0.5) is 0 Å². The molecule has 3 aliphatic rings. The molecule has 0 N–H and O–H groups in total. The van der Waals surface area contributed by atoms with E-state index in [2.05, 4.69) is 180 Å². The van der Waals surface area contributed by atoms with Gasteiger partial charge in [-0.1, -0.05) is 186 Å². The highest BCUT2D eigenvalue weighted by molar-refractivity contribution is 6.09. The lowest BCUT2D eigenvalue weighted by Crippen LogP contribution is -2.28. The summed E-state index contributed by atoms with van der Waals surface area (Å²) in [5.74, 6) is 1.95. The molecule has 0 amide bonds. The second-order valence-electron chi connectivity index (χ2n) is 19.2. The lowest BCUT2D eigenvalue weighted by atomic mass is 9.68. The fourth-order valence-electron chi connectivity index (χ4n) is 11.1. The van der Waals surface area contributed by atoms with Crippen molar-refractivity contribution < 1.29 is 4.42 Å². The summed E-state index contributed by atoms with van der Waals surface area (Å²) in [5, 5.41) is 2.23. The Morgan fingerprint density at radius 2 is 1.00 bits per heavy atom. The minimum absolute atomic E-state index is 0.0388. The third-order valence-corrected chi connectivity index (χ3v) is 14.3. The normalized spacial score (nSPS) is 16.2. The molecule has 0 radical (unpaired) electrons. The van der Waals surface area contributed by atoms with Gasteiger partial charge in [0, 0.05) is 38.4 Å². The number of hydrogen-bond donors (Lipinski definition) is 0. The van der Waals surface area contributed by atoms with Gasteiger partial charge in [0.05, 0.1) is 5.41 Å². The molecule has 1 aliphatic heterocycles. The average Bonchev–Trinajstić information content (AvgIpc) is 3.94. The van der Waals surface area contributed by atoms with Crippen molar-refractivity contribution >= 4 is 21.9 Å². The Bertz CT molecular complexity index is 3590. The molecule has 10 aromatic rings. The van der Waals surface area contributed by atoms with Gasteiger partial charge >= 0.3 is 0 Å². The summed E-state index contributed by atoms with van der Waals surface area (Å²) in [6, 6.07) is 62.4. The van der Waals surface area contributed by atoms with Gasteiger partial charge in [0.25, 0.3) is 0 Å². The molecule has 300 valence electrons. The Balaban J connectivity index is 1.16. The van der Waals surface area contributed by atoms with E-state index in [9.17, 15) is 0 Å². The van der Waals surface area contributed by atoms with Gasteiger partial charge in [-0.25, -0.2) is 15.0 Å². The molecule has 63 heavy (non-hydrogen) atoms. The van der Waals surface area contributed by atoms with Crippen molar-refractivity contribution in [3.8, 4) is 67.5 Å². The van der Waals surface area contributed by atoms with Crippen LogP contribution in [0.15, 0.2) is 174 Å². The van der Waals surface area contributed by atoms with E-state index in [1.165, 1.54) is 55.6 Å². The minimum atomic E-state index is -0.562. The first-order valence-electron chi connectivity index (χ1n) is 22.0. The van der Waals surface area contributed by atoms with Crippen LogP contribution >= 0.6 is 0 Å². The maximum absolute atomic E-state index is 6.63. The number of benzene rings is 8. The zero-order valence-corrected chi connectivity index (χ0v) is 35.9. The van der Waals surface area contributed by atoms with Crippen LogP contribution in [0.25, 0.3) is 89.5 Å². The molecule has 0 saturated carbocycles. The molecule has 8 aromatic carbocycles. The maximum Gasteiger partial charge on any atom is 0.164 e. The van der Waals surface area contributed by atoms with Crippen molar-refractivity contribution in [1.29, 1.82) is 0 Å². The summed E-state index contributed by atoms with van der Waals surface area (Å²) in [7, 11) is 0. The van der Waals surface area contributed by atoms with Crippen LogP contribution in [0.5, 0.6) is 0 Å². The third-order valence-electron chi connectivity index (χ3n) is 14.3. The summed E-state index contributed by atoms with van der Waals surface area (Å²) in [6.45, 7) is 11.7. The van der Waals surface area contributed by atoms with Crippen molar-refractivity contribution in [3.63, 3.8) is 0 Å². The lowest BCUT2D eigenvalue weighted by molar-refractivity contribution is 0.588. The van der Waals surface area contributed by atoms with Gasteiger partial charge in [0.2, 0.25) is 0 Å². The Morgan fingerprint density at radius 3 is 1.83 bits per heavy atom. The summed E-state index contributed by atoms with van der Waals surface area (Å²) in [5.41, 5.74) is 19.7. The second-order valence-corrected chi connectivity index (χ2v) is 19.2. The standard InChI is InChI=1S/C59H43N3O/c1-57(2,3)37-24-28-42-43-29-25-38-33-51(43)59(50(42)32-37)47-20-11-9-16-40(47)41-26-23-36(31-49(41)59)55-60-54(34-14-7-6-8-15-34)61-56(62-55)46-27-22-35(30-48(46)58(38,4)5)39-18-13-19-45-44-17-10-12-21-52(44)63-53(39)45/h6-33H,1-5H3. The molecule has 2 aromatic heterocycles. The van der Waals surface area contributed by atoms with E-state index in [0.29, 0.717) is 17.5 Å². The average molecular weight is 810 g/mol. The molecule has 0 fully saturated rings. The van der Waals surface area contributed by atoms with Gasteiger partial charge < -0.3 is 4.42 Å². The minimum Gasteiger partial charge on any atom is -0.455 e. The predicted molar refractivity (Wildman–Crippen MR) is 256 cm³/mol. The van der Waals surface area contributed by atoms with Crippen LogP contribution in [-0.4, -0.2) is 15.0 Å². The van der Waals surface area contributed by atoms with Crippen LogP contribution in [0.2, 0.25) is 0 Å². The number of hydrogen-bond acceptors (Lipinski definition) is 4. The van der Waals surface area contributed by atoms with Gasteiger partial charge in [0.1, 0.15) is 11.2 Å². The Morgan fingerprint density at radius 1 is 0.413 bits per heavy atom. The van der Waals surface area contributed by atoms with Crippen molar-refractivity contribution in [2.45, 2.75) is 50.9 Å². The van der Waals surface area contributed by atoms with Crippen LogP contribution in [-0.2, 0) is 16.2 Å². The van der Waals surface area contributed by atoms with E-state index in [0.717, 1.165) is 55.3 Å². The molecule has 6 bridgehead atoms. The van der Waals surface area contributed by atoms with Crippen LogP contribution in [0, 0.1) is 0 Å². The van der Waals surface area contributed by atoms with Gasteiger partial charge in [-0.15, -0.1) is 0 Å². The summed E-state index contributed by atoms with van der Waals surface area (Å²) < 4.78 is 6.63. The number of furan rings is 1. The topological polar surface area (TPSA) is 51.8 Å². The molecule has 0 saturated heterocycles. The number of aromatic nitrogens is 3. The summed E-state index contributed by atoms with van der Waals surface area (Å²) in [4.78, 5) is 16.1. The molecule has 13 rings (SSSR count). The highest BCUT2D eigenvalue weighted by atomic mass is 16.3. The Hall–Kier alpha value is -7.43. The zero-order chi connectivity index (χ0) is 42.4. The van der Waals surface area contributed by atoms with Gasteiger partial charge in [-0.2, -0.15) is 0 Å². The zero-order valence-electron chi connectivity index (χ0n) is 35.9. The van der Waals surface area contributed by atoms with Gasteiger partial charge in [-0.05, 0) is 90.4 Å². The van der Waals surface area contributed by atoms with Crippen molar-refractivity contribution in [2.75, 3.05) is 0 Å². The largest absolute Gasteiger partial charge is 0.455 e. The fourth-order valence-corrected chi connectivity index (χ4v) is 11.1. The van der Waals surface area contributed by atoms with E-state index in [1.54, 1.807) is 0 Å². The molecule has 4 heteroatoms. The van der Waals surface area contributed by atoms with Gasteiger partial charge in [-0.3, -0.25) is 0 Å². The smallest absolute Gasteiger partial charge is 0.164 e. The highest BCUT2D eigenvalue weighted by Gasteiger charge is 2.52. The second kappa shape index (κ2) is 12.6. The maximum atomic E-state index is 6.63. The molecular weight excluding hydrogens is 767 g/mol. The number of nitrogens with zero attached hydrogens (tertiary/aromatic N) is 3. The van der Waals surface area contributed by atoms with Crippen molar-refractivity contribution in [1.82, 2.24) is 15.0 Å². The van der Waals surface area contributed by atoms with E-state index in [4.69, 9.17) is 19.4 Å². The van der Waals surface area contributed by atoms with E-state index < -0.39 is 10.8 Å². The lowest BCUT2D eigenvalue weighted by Gasteiger charge is -2.34.